The molecule has 0 aliphatic heterocycles. The quantitative estimate of drug-likeness (QED) is 0.245. The second-order valence-electron chi connectivity index (χ2n) is 6.28. The number of rotatable bonds is 6. The molecule has 0 atom stereocenters. The van der Waals surface area contributed by atoms with E-state index in [1.54, 1.807) is 12.4 Å². The molecule has 3 rings (SSSR count). The van der Waals surface area contributed by atoms with E-state index in [9.17, 15) is 0 Å². The topological polar surface area (TPSA) is 25.8 Å². The molecule has 2 nitrogen and oxygen atoms in total. The van der Waals surface area contributed by atoms with Gasteiger partial charge in [-0.3, -0.25) is 9.97 Å². The number of halogens is 2. The molecule has 0 amide bonds. The third-order valence-electron chi connectivity index (χ3n) is 4.14. The minimum atomic E-state index is -2.15. The Hall–Kier alpha value is -0.391. The largest absolute Gasteiger partial charge is 0.254 e. The van der Waals surface area contributed by atoms with Crippen LogP contribution in [-0.2, 0) is 0 Å². The zero-order valence-corrected chi connectivity index (χ0v) is 20.2. The molecular weight excluding hydrogens is 502 g/mol. The zero-order chi connectivity index (χ0) is 18.1. The van der Waals surface area contributed by atoms with E-state index in [0.717, 1.165) is 21.8 Å². The number of fused-ring (bicyclic) bond motifs is 3. The van der Waals surface area contributed by atoms with Gasteiger partial charge in [0.2, 0.25) is 0 Å². The van der Waals surface area contributed by atoms with Crippen LogP contribution in [0.15, 0.2) is 48.8 Å². The van der Waals surface area contributed by atoms with Crippen LogP contribution >= 0.6 is 21.6 Å². The molecule has 0 bridgehead atoms. The maximum atomic E-state index is 6.42. The van der Waals surface area contributed by atoms with Gasteiger partial charge in [0.1, 0.15) is 0 Å². The molecule has 25 heavy (non-hydrogen) atoms. The van der Waals surface area contributed by atoms with Crippen molar-refractivity contribution in [1.29, 1.82) is 0 Å². The van der Waals surface area contributed by atoms with Crippen molar-refractivity contribution < 1.29 is 0 Å². The van der Waals surface area contributed by atoms with Crippen molar-refractivity contribution in [3.63, 3.8) is 0 Å². The first-order valence-electron chi connectivity index (χ1n) is 9.03. The van der Waals surface area contributed by atoms with Gasteiger partial charge in [0.05, 0.1) is 11.0 Å². The summed E-state index contributed by atoms with van der Waals surface area (Å²) in [6, 6.07) is 12.1. The van der Waals surface area contributed by atoms with E-state index in [4.69, 9.17) is 8.92 Å². The van der Waals surface area contributed by atoms with E-state index in [-0.39, 0.29) is 0 Å². The number of pyridine rings is 2. The van der Waals surface area contributed by atoms with Crippen molar-refractivity contribution in [3.8, 4) is 0 Å². The molecule has 0 saturated heterocycles. The van der Waals surface area contributed by atoms with E-state index >= 15 is 0 Å². The minimum Gasteiger partial charge on any atom is -0.254 e. The molecule has 0 unspecified atom stereocenters. The summed E-state index contributed by atoms with van der Waals surface area (Å²) in [7, 11) is 6.42. The van der Waals surface area contributed by atoms with Crippen LogP contribution in [0.3, 0.4) is 0 Å². The maximum absolute atomic E-state index is 6.42. The molecule has 134 valence electrons. The number of unbranched alkanes of at least 4 members (excludes halogenated alkanes) is 2. The number of nitrogens with zero attached hydrogens (tertiary/aromatic N) is 2. The molecule has 0 aliphatic rings. The van der Waals surface area contributed by atoms with Crippen molar-refractivity contribution in [1.82, 2.24) is 9.97 Å². The number of hydrogen-bond acceptors (Lipinski definition) is 2. The average molecular weight is 529 g/mol. The molecule has 0 aliphatic carbocycles. The normalized spacial score (nSPS) is 11.4. The van der Waals surface area contributed by atoms with Gasteiger partial charge >= 0.3 is 85.1 Å². The van der Waals surface area contributed by atoms with Gasteiger partial charge in [0.15, 0.2) is 0 Å². The van der Waals surface area contributed by atoms with Gasteiger partial charge in [-0.05, 0) is 12.1 Å². The summed E-state index contributed by atoms with van der Waals surface area (Å²) in [6.45, 7) is 4.46. The molecule has 0 radical (unpaired) electrons. The summed E-state index contributed by atoms with van der Waals surface area (Å²) in [5.41, 5.74) is 1.95. The molecule has 0 fully saturated rings. The first kappa shape index (κ1) is 20.9. The van der Waals surface area contributed by atoms with Crippen molar-refractivity contribution in [3.05, 3.63) is 48.8 Å². The Morgan fingerprint density at radius 2 is 1.28 bits per heavy atom. The van der Waals surface area contributed by atoms with Crippen LogP contribution < -0.4 is 0 Å². The zero-order valence-electron chi connectivity index (χ0n) is 15.0. The standard InChI is InChI=1S/C12H8N2.2C4H9.BrH.ClH.Sn/c1-3-9-5-6-10-4-2-8-14-12(10)11(9)13-7-1;2*1-3-4-2;;;/h1-8H;2*1,3-4H2,2H3;2*1H;/q;;;;;+2/p-2. The molecule has 5 heteroatoms. The van der Waals surface area contributed by atoms with E-state index < -0.39 is 15.0 Å². The third kappa shape index (κ3) is 6.68. The molecule has 2 aromatic heterocycles. The van der Waals surface area contributed by atoms with Crippen molar-refractivity contribution in [2.75, 3.05) is 0 Å². The van der Waals surface area contributed by atoms with E-state index in [1.165, 1.54) is 34.6 Å². The minimum absolute atomic E-state index is 0.977. The fraction of sp³-hybridized carbons (Fsp3) is 0.400. The SMILES string of the molecule is CCC[CH2][Sn]([Cl])([Br])[CH2]CCC.c1cnc2c(c1)ccc1cccnc12. The second kappa shape index (κ2) is 10.7. The third-order valence-corrected chi connectivity index (χ3v) is 18.2. The summed E-state index contributed by atoms with van der Waals surface area (Å²) in [6.07, 6.45) is 8.79. The van der Waals surface area contributed by atoms with Crippen LogP contribution in [0.2, 0.25) is 8.87 Å². The second-order valence-corrected chi connectivity index (χ2v) is 32.1. The maximum Gasteiger partial charge on any atom is 0.0964 e. The Morgan fingerprint density at radius 1 is 0.840 bits per heavy atom. The smallest absolute Gasteiger partial charge is 0.0964 e. The van der Waals surface area contributed by atoms with E-state index in [2.05, 4.69) is 60.8 Å². The molecule has 2 heterocycles. The monoisotopic (exact) mass is 528 g/mol. The van der Waals surface area contributed by atoms with Crippen molar-refractivity contribution in [2.45, 2.75) is 48.4 Å². The van der Waals surface area contributed by atoms with Crippen molar-refractivity contribution in [2.24, 2.45) is 0 Å². The van der Waals surface area contributed by atoms with Gasteiger partial charge in [0, 0.05) is 23.2 Å². The van der Waals surface area contributed by atoms with Crippen LogP contribution in [0.5, 0.6) is 0 Å². The fourth-order valence-corrected chi connectivity index (χ4v) is 13.9. The molecule has 0 N–H and O–H groups in total. The van der Waals surface area contributed by atoms with E-state index in [0.29, 0.717) is 0 Å². The summed E-state index contributed by atoms with van der Waals surface area (Å²) in [4.78, 5) is 8.69. The van der Waals surface area contributed by atoms with Gasteiger partial charge in [-0.15, -0.1) is 0 Å². The van der Waals surface area contributed by atoms with Crippen LogP contribution in [-0.4, -0.2) is 25.0 Å². The molecule has 0 spiro atoms. The Balaban J connectivity index is 0.000000188. The molecule has 3 aromatic rings. The Morgan fingerprint density at radius 3 is 1.68 bits per heavy atom. The molecular formula is C20H26BrClN2Sn. The van der Waals surface area contributed by atoms with Gasteiger partial charge in [0.25, 0.3) is 0 Å². The van der Waals surface area contributed by atoms with Gasteiger partial charge < -0.3 is 0 Å². The van der Waals surface area contributed by atoms with Crippen LogP contribution in [0.4, 0.5) is 0 Å². The van der Waals surface area contributed by atoms with Gasteiger partial charge in [-0.1, -0.05) is 24.3 Å². The van der Waals surface area contributed by atoms with Gasteiger partial charge in [-0.2, -0.15) is 0 Å². The predicted molar refractivity (Wildman–Crippen MR) is 117 cm³/mol. The summed E-state index contributed by atoms with van der Waals surface area (Å²) in [5, 5.41) is 2.28. The summed E-state index contributed by atoms with van der Waals surface area (Å²) in [5.74, 6) is 0. The van der Waals surface area contributed by atoms with Gasteiger partial charge in [-0.25, -0.2) is 0 Å². The Kier molecular flexibility index (Phi) is 8.94. The molecule has 1 aromatic carbocycles. The average Bonchev–Trinajstić information content (AvgIpc) is 2.65. The Bertz CT molecular complexity index is 730. The Labute approximate surface area is 164 Å². The first-order chi connectivity index (χ1) is 12.1. The van der Waals surface area contributed by atoms with E-state index in [1.807, 2.05) is 12.1 Å². The number of aromatic nitrogens is 2. The fourth-order valence-electron chi connectivity index (χ4n) is 2.68. The van der Waals surface area contributed by atoms with Crippen LogP contribution in [0.25, 0.3) is 21.8 Å². The first-order valence-corrected chi connectivity index (χ1v) is 23.1. The predicted octanol–water partition coefficient (Wildman–Crippen LogP) is 7.45. The molecule has 0 saturated carbocycles. The summed E-state index contributed by atoms with van der Waals surface area (Å²) < 4.78 is 2.60. The van der Waals surface area contributed by atoms with Crippen molar-refractivity contribution >= 4 is 58.5 Å². The number of hydrogen-bond donors (Lipinski definition) is 0. The van der Waals surface area contributed by atoms with Crippen LogP contribution in [0, 0.1) is 0 Å². The number of benzene rings is 1. The summed E-state index contributed by atoms with van der Waals surface area (Å²) >= 11 is 1.61. The van der Waals surface area contributed by atoms with Crippen LogP contribution in [0.1, 0.15) is 39.5 Å².